The zero-order chi connectivity index (χ0) is 35.8. The molecule has 0 bridgehead atoms. The van der Waals surface area contributed by atoms with Crippen LogP contribution in [0.4, 0.5) is 0 Å². The molecule has 0 aromatic carbocycles. The van der Waals surface area contributed by atoms with Crippen LogP contribution in [0.15, 0.2) is 12.5 Å². The third-order valence-electron chi connectivity index (χ3n) is 7.04. The Kier molecular flexibility index (Phi) is 29.9. The van der Waals surface area contributed by atoms with Gasteiger partial charge in [-0.3, -0.25) is 19.2 Å². The summed E-state index contributed by atoms with van der Waals surface area (Å²) in [5.41, 5.74) is 6.52. The van der Waals surface area contributed by atoms with Crippen LogP contribution in [-0.2, 0) is 30.3 Å². The van der Waals surface area contributed by atoms with Crippen molar-refractivity contribution in [1.82, 2.24) is 41.0 Å². The molecule has 0 aliphatic heterocycles. The molecule has 7 N–H and O–H groups in total. The molecule has 1 aromatic rings. The standard InChI is InChI=1S/C31H59N9O5S4/c1-46-21-9-34-28(41)4-14-39(13-3-27-25-33-26-38-27)15-5-30(43)36-11-23-48-49-24-12-37-31(44)7-17-40(18-20-45-19-8-32)16-6-29(42)35-10-22-47-2/h25-26H,3-24,32H2,1-2H3,(H,33,38)(H,34,41)(H,35,42)(H,36,43)(H,37,44). The van der Waals surface area contributed by atoms with Crippen molar-refractivity contribution in [2.75, 3.05) is 121 Å². The summed E-state index contributed by atoms with van der Waals surface area (Å²) in [6.07, 6.45) is 9.72. The highest BCUT2D eigenvalue weighted by Gasteiger charge is 2.13. The highest BCUT2D eigenvalue weighted by Crippen LogP contribution is 2.19. The van der Waals surface area contributed by atoms with E-state index in [1.807, 2.05) is 12.5 Å². The van der Waals surface area contributed by atoms with Crippen molar-refractivity contribution in [3.05, 3.63) is 18.2 Å². The summed E-state index contributed by atoms with van der Waals surface area (Å²) in [6, 6.07) is 0. The normalized spacial score (nSPS) is 11.2. The Hall–Kier alpha value is -1.67. The van der Waals surface area contributed by atoms with Crippen LogP contribution in [0.2, 0.25) is 0 Å². The van der Waals surface area contributed by atoms with Crippen LogP contribution in [0.25, 0.3) is 0 Å². The van der Waals surface area contributed by atoms with Gasteiger partial charge in [0.1, 0.15) is 0 Å². The summed E-state index contributed by atoms with van der Waals surface area (Å²) < 4.78 is 5.49. The van der Waals surface area contributed by atoms with Crippen molar-refractivity contribution in [2.24, 2.45) is 5.73 Å². The van der Waals surface area contributed by atoms with Gasteiger partial charge in [0.05, 0.1) is 19.5 Å². The fourth-order valence-electron chi connectivity index (χ4n) is 4.31. The lowest BCUT2D eigenvalue weighted by molar-refractivity contribution is -0.123. The van der Waals surface area contributed by atoms with E-state index in [2.05, 4.69) is 41.0 Å². The van der Waals surface area contributed by atoms with Crippen LogP contribution < -0.4 is 27.0 Å². The third-order valence-corrected chi connectivity index (χ3v) is 10.7. The Balaban J connectivity index is 2.21. The van der Waals surface area contributed by atoms with Gasteiger partial charge in [-0.2, -0.15) is 23.5 Å². The van der Waals surface area contributed by atoms with Crippen LogP contribution in [0.1, 0.15) is 31.4 Å². The van der Waals surface area contributed by atoms with E-state index >= 15 is 0 Å². The smallest absolute Gasteiger partial charge is 0.221 e. The van der Waals surface area contributed by atoms with Gasteiger partial charge in [0.2, 0.25) is 23.6 Å². The Morgan fingerprint density at radius 2 is 1.14 bits per heavy atom. The topological polar surface area (TPSA) is 187 Å². The fraction of sp³-hybridized carbons (Fsp3) is 0.774. The first-order valence-corrected chi connectivity index (χ1v) is 22.1. The number of nitrogens with one attached hydrogen (secondary N) is 5. The maximum atomic E-state index is 12.5. The van der Waals surface area contributed by atoms with E-state index in [1.165, 1.54) is 0 Å². The van der Waals surface area contributed by atoms with Crippen LogP contribution in [-0.4, -0.2) is 164 Å². The first-order chi connectivity index (χ1) is 23.9. The van der Waals surface area contributed by atoms with E-state index in [0.717, 1.165) is 41.7 Å². The molecule has 4 amide bonds. The lowest BCUT2D eigenvalue weighted by Crippen LogP contribution is -2.36. The van der Waals surface area contributed by atoms with Crippen LogP contribution in [0.5, 0.6) is 0 Å². The predicted octanol–water partition coefficient (Wildman–Crippen LogP) is 0.664. The van der Waals surface area contributed by atoms with Crippen molar-refractivity contribution >= 4 is 68.7 Å². The minimum Gasteiger partial charge on any atom is -0.379 e. The van der Waals surface area contributed by atoms with E-state index in [4.69, 9.17) is 10.5 Å². The SMILES string of the molecule is CSCCNC(=O)CCN(CCOCCN)CCC(=O)NCCSSCCNC(=O)CCN(CCC(=O)NCCSC)CCc1cnc[nH]1. The minimum atomic E-state index is -0.0232. The number of H-pyrrole nitrogens is 1. The van der Waals surface area contributed by atoms with Gasteiger partial charge in [-0.15, -0.1) is 0 Å². The van der Waals surface area contributed by atoms with Crippen molar-refractivity contribution in [3.8, 4) is 0 Å². The second-order valence-electron chi connectivity index (χ2n) is 10.9. The maximum Gasteiger partial charge on any atom is 0.221 e. The molecule has 0 aliphatic rings. The van der Waals surface area contributed by atoms with E-state index in [0.29, 0.717) is 104 Å². The van der Waals surface area contributed by atoms with Gasteiger partial charge >= 0.3 is 0 Å². The molecule has 0 saturated carbocycles. The Morgan fingerprint density at radius 1 is 0.694 bits per heavy atom. The van der Waals surface area contributed by atoms with Gasteiger partial charge in [-0.1, -0.05) is 21.6 Å². The summed E-state index contributed by atoms with van der Waals surface area (Å²) in [5.74, 6) is 3.30. The van der Waals surface area contributed by atoms with Crippen molar-refractivity contribution in [1.29, 1.82) is 0 Å². The number of amides is 4. The number of aromatic amines is 1. The minimum absolute atomic E-state index is 0.00923. The predicted molar refractivity (Wildman–Crippen MR) is 207 cm³/mol. The van der Waals surface area contributed by atoms with Crippen molar-refractivity contribution in [3.63, 3.8) is 0 Å². The van der Waals surface area contributed by atoms with E-state index in [9.17, 15) is 19.2 Å². The summed E-state index contributed by atoms with van der Waals surface area (Å²) >= 11 is 3.38. The molecule has 282 valence electrons. The zero-order valence-electron chi connectivity index (χ0n) is 29.3. The van der Waals surface area contributed by atoms with Crippen LogP contribution >= 0.6 is 45.1 Å². The summed E-state index contributed by atoms with van der Waals surface area (Å²) in [5, 5.41) is 11.8. The number of carbonyl (C=O) groups is 4. The van der Waals surface area contributed by atoms with Gasteiger partial charge < -0.3 is 46.5 Å². The molecule has 18 heteroatoms. The van der Waals surface area contributed by atoms with Gasteiger partial charge in [-0.25, -0.2) is 4.98 Å². The first-order valence-electron chi connectivity index (χ1n) is 16.9. The molecule has 49 heavy (non-hydrogen) atoms. The molecule has 0 spiro atoms. The van der Waals surface area contributed by atoms with Crippen LogP contribution in [0.3, 0.4) is 0 Å². The summed E-state index contributed by atoms with van der Waals surface area (Å²) in [4.78, 5) is 60.6. The number of nitrogens with zero attached hydrogens (tertiary/aromatic N) is 3. The summed E-state index contributed by atoms with van der Waals surface area (Å²) in [7, 11) is 3.32. The molecule has 0 unspecified atom stereocenters. The van der Waals surface area contributed by atoms with Gasteiger partial charge in [0.25, 0.3) is 0 Å². The largest absolute Gasteiger partial charge is 0.379 e. The quantitative estimate of drug-likeness (QED) is 0.0434. The number of hydrogen-bond acceptors (Lipinski definition) is 13. The maximum absolute atomic E-state index is 12.5. The Labute approximate surface area is 309 Å². The number of aromatic nitrogens is 2. The van der Waals surface area contributed by atoms with E-state index < -0.39 is 0 Å². The monoisotopic (exact) mass is 765 g/mol. The lowest BCUT2D eigenvalue weighted by Gasteiger charge is -2.22. The molecule has 14 nitrogen and oxygen atoms in total. The first kappa shape index (κ1) is 45.4. The van der Waals surface area contributed by atoms with Gasteiger partial charge in [0.15, 0.2) is 0 Å². The number of thioether (sulfide) groups is 2. The van der Waals surface area contributed by atoms with E-state index in [-0.39, 0.29) is 23.6 Å². The average Bonchev–Trinajstić information content (AvgIpc) is 3.62. The molecule has 1 heterocycles. The molecule has 1 rings (SSSR count). The molecule has 0 atom stereocenters. The molecule has 1 aromatic heterocycles. The number of hydrogen-bond donors (Lipinski definition) is 6. The molecule has 0 radical (unpaired) electrons. The van der Waals surface area contributed by atoms with Crippen molar-refractivity contribution in [2.45, 2.75) is 32.1 Å². The number of imidazole rings is 1. The molecule has 0 saturated heterocycles. The van der Waals surface area contributed by atoms with Gasteiger partial charge in [-0.05, 0) is 12.5 Å². The molecular formula is C31H59N9O5S4. The molecule has 0 aliphatic carbocycles. The Morgan fingerprint density at radius 3 is 1.55 bits per heavy atom. The second kappa shape index (κ2) is 32.3. The number of rotatable bonds is 33. The van der Waals surface area contributed by atoms with Crippen molar-refractivity contribution < 1.29 is 23.9 Å². The lowest BCUT2D eigenvalue weighted by atomic mass is 10.2. The average molecular weight is 766 g/mol. The fourth-order valence-corrected chi connectivity index (χ4v) is 6.74. The number of nitrogens with two attached hydrogens (primary N) is 1. The Bertz CT molecular complexity index is 999. The zero-order valence-corrected chi connectivity index (χ0v) is 32.6. The highest BCUT2D eigenvalue weighted by atomic mass is 33.1. The van der Waals surface area contributed by atoms with Crippen LogP contribution in [0, 0.1) is 0 Å². The molecular weight excluding hydrogens is 707 g/mol. The van der Waals surface area contributed by atoms with Gasteiger partial charge in [0, 0.05) is 139 Å². The number of ether oxygens (including phenoxy) is 1. The molecule has 0 fully saturated rings. The summed E-state index contributed by atoms with van der Waals surface area (Å²) in [6.45, 7) is 7.54. The van der Waals surface area contributed by atoms with E-state index in [1.54, 1.807) is 57.6 Å². The number of carbonyl (C=O) groups excluding carboxylic acids is 4. The second-order valence-corrected chi connectivity index (χ2v) is 15.6. The highest BCUT2D eigenvalue weighted by molar-refractivity contribution is 8.76. The third kappa shape index (κ3) is 27.7.